The lowest BCUT2D eigenvalue weighted by Gasteiger charge is -2.33. The van der Waals surface area contributed by atoms with Crippen LogP contribution in [0.1, 0.15) is 13.3 Å². The number of hydrogen-bond acceptors (Lipinski definition) is 4. The molecule has 2 aromatic rings. The average Bonchev–Trinajstić information content (AvgIpc) is 2.54. The number of fused-ring (bicyclic) bond motifs is 1. The van der Waals surface area contributed by atoms with E-state index in [1.807, 2.05) is 6.07 Å². The molecule has 2 heterocycles. The molecule has 1 aliphatic heterocycles. The highest BCUT2D eigenvalue weighted by Crippen LogP contribution is 2.15. The van der Waals surface area contributed by atoms with Crippen molar-refractivity contribution >= 4 is 16.7 Å². The Morgan fingerprint density at radius 1 is 1.09 bits per heavy atom. The molecule has 0 amide bonds. The van der Waals surface area contributed by atoms with Crippen LogP contribution in [-0.4, -0.2) is 60.6 Å². The fraction of sp³-hybridized carbons (Fsp3) is 0.500. The van der Waals surface area contributed by atoms with Gasteiger partial charge in [-0.05, 0) is 38.6 Å². The van der Waals surface area contributed by atoms with Crippen molar-refractivity contribution < 1.29 is 0 Å². The lowest BCUT2D eigenvalue weighted by Crippen LogP contribution is -2.45. The van der Waals surface area contributed by atoms with Crippen LogP contribution < -0.4 is 5.32 Å². The Morgan fingerprint density at radius 3 is 2.68 bits per heavy atom. The maximum atomic E-state index is 4.69. The van der Waals surface area contributed by atoms with E-state index in [-0.39, 0.29) is 0 Å². The van der Waals surface area contributed by atoms with Gasteiger partial charge in [-0.3, -0.25) is 0 Å². The van der Waals surface area contributed by atoms with Crippen molar-refractivity contribution in [1.29, 1.82) is 0 Å². The zero-order valence-corrected chi connectivity index (χ0v) is 13.6. The Labute approximate surface area is 133 Å². The van der Waals surface area contributed by atoms with Crippen molar-refractivity contribution in [2.45, 2.75) is 19.4 Å². The fourth-order valence-electron chi connectivity index (χ4n) is 2.92. The molecule has 0 aliphatic carbocycles. The highest BCUT2D eigenvalue weighted by Gasteiger charge is 2.14. The van der Waals surface area contributed by atoms with Crippen LogP contribution in [0, 0.1) is 0 Å². The van der Waals surface area contributed by atoms with Gasteiger partial charge in [-0.25, -0.2) is 4.98 Å². The minimum atomic E-state index is 0.438. The van der Waals surface area contributed by atoms with E-state index in [0.717, 1.165) is 24.3 Å². The third-order valence-corrected chi connectivity index (χ3v) is 4.47. The lowest BCUT2D eigenvalue weighted by molar-refractivity contribution is 0.151. The van der Waals surface area contributed by atoms with E-state index in [1.54, 1.807) is 0 Å². The van der Waals surface area contributed by atoms with Gasteiger partial charge in [-0.1, -0.05) is 18.2 Å². The van der Waals surface area contributed by atoms with Gasteiger partial charge in [0.1, 0.15) is 5.82 Å². The largest absolute Gasteiger partial charge is 0.368 e. The first-order valence-corrected chi connectivity index (χ1v) is 8.24. The molecule has 1 saturated heterocycles. The zero-order valence-electron chi connectivity index (χ0n) is 13.6. The molecule has 1 atom stereocenters. The maximum Gasteiger partial charge on any atom is 0.126 e. The standard InChI is InChI=1S/C18H26N4/c1-15(9-10-22-13-11-21(2)12-14-22)19-18-8-7-16-5-3-4-6-17(16)20-18/h3-8,15H,9-14H2,1-2H3,(H,19,20)/t15-/m0/s1. The lowest BCUT2D eigenvalue weighted by atomic mass is 10.2. The van der Waals surface area contributed by atoms with Crippen LogP contribution >= 0.6 is 0 Å². The Bertz CT molecular complexity index is 605. The van der Waals surface area contributed by atoms with Crippen LogP contribution in [-0.2, 0) is 0 Å². The number of nitrogens with zero attached hydrogens (tertiary/aromatic N) is 3. The van der Waals surface area contributed by atoms with Crippen molar-refractivity contribution in [2.75, 3.05) is 45.1 Å². The molecule has 1 aliphatic rings. The molecule has 4 heteroatoms. The molecule has 1 fully saturated rings. The van der Waals surface area contributed by atoms with Gasteiger partial charge in [0.25, 0.3) is 0 Å². The van der Waals surface area contributed by atoms with Crippen molar-refractivity contribution in [3.63, 3.8) is 0 Å². The molecule has 1 N–H and O–H groups in total. The van der Waals surface area contributed by atoms with E-state index in [4.69, 9.17) is 0 Å². The summed E-state index contributed by atoms with van der Waals surface area (Å²) in [6.45, 7) is 8.17. The van der Waals surface area contributed by atoms with Crippen molar-refractivity contribution in [3.05, 3.63) is 36.4 Å². The van der Waals surface area contributed by atoms with Crippen LogP contribution in [0.5, 0.6) is 0 Å². The fourth-order valence-corrected chi connectivity index (χ4v) is 2.92. The molecule has 118 valence electrons. The second-order valence-corrected chi connectivity index (χ2v) is 6.37. The maximum absolute atomic E-state index is 4.69. The number of likely N-dealkylation sites (N-methyl/N-ethyl adjacent to an activating group) is 1. The van der Waals surface area contributed by atoms with Gasteiger partial charge in [0.05, 0.1) is 5.52 Å². The van der Waals surface area contributed by atoms with Crippen molar-refractivity contribution in [2.24, 2.45) is 0 Å². The first-order valence-electron chi connectivity index (χ1n) is 8.24. The molecule has 0 unspecified atom stereocenters. The number of rotatable bonds is 5. The molecule has 0 saturated carbocycles. The Morgan fingerprint density at radius 2 is 1.86 bits per heavy atom. The summed E-state index contributed by atoms with van der Waals surface area (Å²) in [6.07, 6.45) is 1.15. The van der Waals surface area contributed by atoms with E-state index in [2.05, 4.69) is 64.4 Å². The minimum Gasteiger partial charge on any atom is -0.368 e. The summed E-state index contributed by atoms with van der Waals surface area (Å²) in [4.78, 5) is 9.65. The first-order chi connectivity index (χ1) is 10.7. The second kappa shape index (κ2) is 7.07. The van der Waals surface area contributed by atoms with Gasteiger partial charge in [0.2, 0.25) is 0 Å². The van der Waals surface area contributed by atoms with Gasteiger partial charge in [0.15, 0.2) is 0 Å². The summed E-state index contributed by atoms with van der Waals surface area (Å²) < 4.78 is 0. The third-order valence-electron chi connectivity index (χ3n) is 4.47. The predicted molar refractivity (Wildman–Crippen MR) is 93.4 cm³/mol. The van der Waals surface area contributed by atoms with Crippen LogP contribution in [0.4, 0.5) is 5.82 Å². The van der Waals surface area contributed by atoms with E-state index < -0.39 is 0 Å². The predicted octanol–water partition coefficient (Wildman–Crippen LogP) is 2.67. The Balaban J connectivity index is 1.51. The van der Waals surface area contributed by atoms with Gasteiger partial charge in [-0.15, -0.1) is 0 Å². The summed E-state index contributed by atoms with van der Waals surface area (Å²) in [7, 11) is 2.20. The number of piperazine rings is 1. The number of hydrogen-bond donors (Lipinski definition) is 1. The molecule has 1 aromatic heterocycles. The Hall–Kier alpha value is -1.65. The molecule has 22 heavy (non-hydrogen) atoms. The summed E-state index contributed by atoms with van der Waals surface area (Å²) in [6, 6.07) is 12.9. The number of nitrogens with one attached hydrogen (secondary N) is 1. The topological polar surface area (TPSA) is 31.4 Å². The molecule has 4 nitrogen and oxygen atoms in total. The zero-order chi connectivity index (χ0) is 15.4. The molecule has 0 spiro atoms. The van der Waals surface area contributed by atoms with Gasteiger partial charge >= 0.3 is 0 Å². The number of para-hydroxylation sites is 1. The second-order valence-electron chi connectivity index (χ2n) is 6.37. The minimum absolute atomic E-state index is 0.438. The van der Waals surface area contributed by atoms with E-state index in [1.165, 1.54) is 31.6 Å². The Kier molecular flexibility index (Phi) is 4.90. The van der Waals surface area contributed by atoms with Crippen molar-refractivity contribution in [3.8, 4) is 0 Å². The molecule has 0 radical (unpaired) electrons. The van der Waals surface area contributed by atoms with Crippen LogP contribution in [0.2, 0.25) is 0 Å². The van der Waals surface area contributed by atoms with Crippen LogP contribution in [0.15, 0.2) is 36.4 Å². The van der Waals surface area contributed by atoms with Gasteiger partial charge in [0, 0.05) is 44.2 Å². The third kappa shape index (κ3) is 3.96. The number of aromatic nitrogens is 1. The summed E-state index contributed by atoms with van der Waals surface area (Å²) in [5, 5.41) is 4.73. The van der Waals surface area contributed by atoms with E-state index >= 15 is 0 Å². The molecule has 1 aromatic carbocycles. The molecule has 3 rings (SSSR count). The summed E-state index contributed by atoms with van der Waals surface area (Å²) >= 11 is 0. The smallest absolute Gasteiger partial charge is 0.126 e. The summed E-state index contributed by atoms with van der Waals surface area (Å²) in [5.74, 6) is 0.976. The number of pyridine rings is 1. The van der Waals surface area contributed by atoms with Crippen molar-refractivity contribution in [1.82, 2.24) is 14.8 Å². The molecular formula is C18H26N4. The highest BCUT2D eigenvalue weighted by atomic mass is 15.2. The van der Waals surface area contributed by atoms with E-state index in [9.17, 15) is 0 Å². The highest BCUT2D eigenvalue weighted by molar-refractivity contribution is 5.80. The molecular weight excluding hydrogens is 272 g/mol. The first kappa shape index (κ1) is 15.3. The average molecular weight is 298 g/mol. The van der Waals surface area contributed by atoms with Crippen LogP contribution in [0.25, 0.3) is 10.9 Å². The number of anilines is 1. The van der Waals surface area contributed by atoms with E-state index in [0.29, 0.717) is 6.04 Å². The monoisotopic (exact) mass is 298 g/mol. The molecule has 0 bridgehead atoms. The SMILES string of the molecule is C[C@@H](CCN1CCN(C)CC1)Nc1ccc2ccccc2n1. The van der Waals surface area contributed by atoms with Crippen LogP contribution in [0.3, 0.4) is 0 Å². The van der Waals surface area contributed by atoms with Gasteiger partial charge < -0.3 is 15.1 Å². The normalized spacial score (nSPS) is 18.5. The summed E-state index contributed by atoms with van der Waals surface area (Å²) in [5.41, 5.74) is 1.05. The quantitative estimate of drug-likeness (QED) is 0.919. The van der Waals surface area contributed by atoms with Gasteiger partial charge in [-0.2, -0.15) is 0 Å². The number of benzene rings is 1.